The summed E-state index contributed by atoms with van der Waals surface area (Å²) in [6.45, 7) is 2.84. The molecular weight excluding hydrogens is 248 g/mol. The molecule has 0 amide bonds. The molecule has 6 heteroatoms. The van der Waals surface area contributed by atoms with E-state index in [9.17, 15) is 4.79 Å². The average molecular weight is 264 g/mol. The van der Waals surface area contributed by atoms with Crippen molar-refractivity contribution in [1.29, 1.82) is 0 Å². The zero-order chi connectivity index (χ0) is 13.3. The van der Waals surface area contributed by atoms with Gasteiger partial charge in [-0.05, 0) is 12.1 Å². The first-order valence-corrected chi connectivity index (χ1v) is 6.41. The number of rotatable bonds is 2. The minimum atomic E-state index is -0.931. The molecule has 0 saturated carbocycles. The molecule has 1 spiro atoms. The van der Waals surface area contributed by atoms with Crippen LogP contribution in [0.25, 0.3) is 0 Å². The first-order chi connectivity index (χ1) is 9.19. The molecule has 0 unspecified atom stereocenters. The Labute approximate surface area is 111 Å². The van der Waals surface area contributed by atoms with Crippen LogP contribution in [0, 0.1) is 0 Å². The molecule has 0 bridgehead atoms. The largest absolute Gasteiger partial charge is 0.478 e. The third-order valence-corrected chi connectivity index (χ3v) is 3.66. The van der Waals surface area contributed by atoms with Crippen molar-refractivity contribution in [3.8, 4) is 0 Å². The Morgan fingerprint density at radius 2 is 2.00 bits per heavy atom. The fourth-order valence-electron chi connectivity index (χ4n) is 2.59. The van der Waals surface area contributed by atoms with Crippen molar-refractivity contribution in [1.82, 2.24) is 4.98 Å². The number of carboxylic acid groups (broad SMARTS) is 1. The van der Waals surface area contributed by atoms with Crippen LogP contribution in [0.3, 0.4) is 0 Å². The minimum Gasteiger partial charge on any atom is -0.478 e. The van der Waals surface area contributed by atoms with Crippen LogP contribution in [-0.4, -0.2) is 48.2 Å². The van der Waals surface area contributed by atoms with Crippen LogP contribution >= 0.6 is 0 Å². The highest BCUT2D eigenvalue weighted by Crippen LogP contribution is 2.32. The van der Waals surface area contributed by atoms with Gasteiger partial charge in [-0.15, -0.1) is 0 Å². The zero-order valence-corrected chi connectivity index (χ0v) is 10.5. The average Bonchev–Trinajstić information content (AvgIpc) is 2.88. The van der Waals surface area contributed by atoms with Crippen LogP contribution in [0.15, 0.2) is 18.3 Å². The third-order valence-electron chi connectivity index (χ3n) is 3.66. The first kappa shape index (κ1) is 12.4. The number of hydrogen-bond donors (Lipinski definition) is 1. The highest BCUT2D eigenvalue weighted by molar-refractivity contribution is 5.88. The van der Waals surface area contributed by atoms with Gasteiger partial charge in [-0.1, -0.05) is 0 Å². The lowest BCUT2D eigenvalue weighted by Crippen LogP contribution is -2.45. The molecule has 2 fully saturated rings. The first-order valence-electron chi connectivity index (χ1n) is 6.41. The summed E-state index contributed by atoms with van der Waals surface area (Å²) in [7, 11) is 0. The van der Waals surface area contributed by atoms with Crippen molar-refractivity contribution in [3.63, 3.8) is 0 Å². The summed E-state index contributed by atoms with van der Waals surface area (Å²) in [5, 5.41) is 8.99. The molecule has 0 atom stereocenters. The molecule has 19 heavy (non-hydrogen) atoms. The van der Waals surface area contributed by atoms with E-state index in [0.717, 1.165) is 25.9 Å². The Balaban J connectivity index is 1.71. The third kappa shape index (κ3) is 2.41. The lowest BCUT2D eigenvalue weighted by molar-refractivity contribution is -0.169. The van der Waals surface area contributed by atoms with Gasteiger partial charge in [0.1, 0.15) is 5.82 Å². The number of piperidine rings is 1. The predicted molar refractivity (Wildman–Crippen MR) is 67.3 cm³/mol. The van der Waals surface area contributed by atoms with E-state index in [1.807, 2.05) is 0 Å². The second-order valence-electron chi connectivity index (χ2n) is 4.80. The smallest absolute Gasteiger partial charge is 0.335 e. The Morgan fingerprint density at radius 1 is 1.32 bits per heavy atom. The summed E-state index contributed by atoms with van der Waals surface area (Å²) in [4.78, 5) is 17.3. The van der Waals surface area contributed by atoms with Crippen molar-refractivity contribution >= 4 is 11.8 Å². The molecule has 6 nitrogen and oxygen atoms in total. The molecule has 2 saturated heterocycles. The van der Waals surface area contributed by atoms with E-state index in [1.165, 1.54) is 12.3 Å². The topological polar surface area (TPSA) is 71.9 Å². The molecule has 0 aliphatic carbocycles. The number of ether oxygens (including phenoxy) is 2. The van der Waals surface area contributed by atoms with E-state index < -0.39 is 11.8 Å². The maximum atomic E-state index is 11.0. The molecule has 2 aliphatic rings. The van der Waals surface area contributed by atoms with Crippen LogP contribution in [0.4, 0.5) is 5.82 Å². The molecule has 1 aromatic rings. The van der Waals surface area contributed by atoms with Gasteiger partial charge in [-0.3, -0.25) is 0 Å². The molecule has 0 aromatic carbocycles. The number of nitrogens with zero attached hydrogens (tertiary/aromatic N) is 2. The Kier molecular flexibility index (Phi) is 3.12. The van der Waals surface area contributed by atoms with E-state index >= 15 is 0 Å². The second kappa shape index (κ2) is 4.79. The maximum Gasteiger partial charge on any atom is 0.335 e. The lowest BCUT2D eigenvalue weighted by atomic mass is 10.0. The van der Waals surface area contributed by atoms with E-state index in [4.69, 9.17) is 14.6 Å². The molecule has 0 radical (unpaired) electrons. The van der Waals surface area contributed by atoms with Crippen LogP contribution in [0.2, 0.25) is 0 Å². The summed E-state index contributed by atoms with van der Waals surface area (Å²) in [6.07, 6.45) is 3.10. The SMILES string of the molecule is O=C(O)c1ccnc(N2CCC3(CC2)OCCO3)c1. The number of pyridine rings is 1. The van der Waals surface area contributed by atoms with Crippen molar-refractivity contribution < 1.29 is 19.4 Å². The van der Waals surface area contributed by atoms with E-state index in [2.05, 4.69) is 9.88 Å². The lowest BCUT2D eigenvalue weighted by Gasteiger charge is -2.38. The number of aromatic nitrogens is 1. The summed E-state index contributed by atoms with van der Waals surface area (Å²) < 4.78 is 11.3. The van der Waals surface area contributed by atoms with Gasteiger partial charge >= 0.3 is 5.97 Å². The number of aromatic carboxylic acids is 1. The zero-order valence-electron chi connectivity index (χ0n) is 10.5. The Morgan fingerprint density at radius 3 is 2.63 bits per heavy atom. The Bertz CT molecular complexity index is 475. The quantitative estimate of drug-likeness (QED) is 0.863. The fourth-order valence-corrected chi connectivity index (χ4v) is 2.59. The summed E-state index contributed by atoms with van der Waals surface area (Å²) in [5.41, 5.74) is 0.263. The van der Waals surface area contributed by atoms with Gasteiger partial charge in [-0.25, -0.2) is 9.78 Å². The molecular formula is C13H16N2O4. The highest BCUT2D eigenvalue weighted by atomic mass is 16.7. The van der Waals surface area contributed by atoms with E-state index in [-0.39, 0.29) is 5.56 Å². The van der Waals surface area contributed by atoms with Gasteiger partial charge in [0.2, 0.25) is 0 Å². The van der Waals surface area contributed by atoms with Crippen LogP contribution in [0.1, 0.15) is 23.2 Å². The summed E-state index contributed by atoms with van der Waals surface area (Å²) in [6, 6.07) is 3.11. The second-order valence-corrected chi connectivity index (χ2v) is 4.80. The number of carbonyl (C=O) groups is 1. The number of hydrogen-bond acceptors (Lipinski definition) is 5. The molecule has 1 aromatic heterocycles. The van der Waals surface area contributed by atoms with Gasteiger partial charge in [0.05, 0.1) is 18.8 Å². The molecule has 2 aliphatic heterocycles. The summed E-state index contributed by atoms with van der Waals surface area (Å²) in [5.74, 6) is -0.645. The standard InChI is InChI=1S/C13H16N2O4/c16-12(17)10-1-4-14-11(9-10)15-5-2-13(3-6-15)18-7-8-19-13/h1,4,9H,2-3,5-8H2,(H,16,17). The van der Waals surface area contributed by atoms with Crippen molar-refractivity contribution in [2.75, 3.05) is 31.2 Å². The van der Waals surface area contributed by atoms with Crippen molar-refractivity contribution in [3.05, 3.63) is 23.9 Å². The molecule has 3 heterocycles. The fraction of sp³-hybridized carbons (Fsp3) is 0.538. The normalized spacial score (nSPS) is 21.8. The van der Waals surface area contributed by atoms with Gasteiger partial charge in [0.25, 0.3) is 0 Å². The number of carboxylic acids is 1. The van der Waals surface area contributed by atoms with Gasteiger partial charge in [-0.2, -0.15) is 0 Å². The maximum absolute atomic E-state index is 11.0. The predicted octanol–water partition coefficient (Wildman–Crippen LogP) is 1.12. The van der Waals surface area contributed by atoms with Gasteiger partial charge in [0, 0.05) is 32.1 Å². The molecule has 102 valence electrons. The van der Waals surface area contributed by atoms with E-state index in [0.29, 0.717) is 19.0 Å². The molecule has 3 rings (SSSR count). The van der Waals surface area contributed by atoms with Crippen molar-refractivity contribution in [2.45, 2.75) is 18.6 Å². The Hall–Kier alpha value is -1.66. The van der Waals surface area contributed by atoms with Crippen LogP contribution < -0.4 is 4.90 Å². The van der Waals surface area contributed by atoms with Gasteiger partial charge < -0.3 is 19.5 Å². The monoisotopic (exact) mass is 264 g/mol. The van der Waals surface area contributed by atoms with Gasteiger partial charge in [0.15, 0.2) is 5.79 Å². The minimum absolute atomic E-state index is 0.263. The summed E-state index contributed by atoms with van der Waals surface area (Å²) >= 11 is 0. The molecule has 1 N–H and O–H groups in total. The van der Waals surface area contributed by atoms with Crippen LogP contribution in [-0.2, 0) is 9.47 Å². The van der Waals surface area contributed by atoms with Crippen molar-refractivity contribution in [2.24, 2.45) is 0 Å². The number of anilines is 1. The van der Waals surface area contributed by atoms with Crippen LogP contribution in [0.5, 0.6) is 0 Å². The highest BCUT2D eigenvalue weighted by Gasteiger charge is 2.40. The van der Waals surface area contributed by atoms with E-state index in [1.54, 1.807) is 6.07 Å².